The molecule has 0 bridgehead atoms. The van der Waals surface area contributed by atoms with E-state index >= 15 is 0 Å². The second-order valence-electron chi connectivity index (χ2n) is 8.67. The third kappa shape index (κ3) is 4.30. The van der Waals surface area contributed by atoms with Crippen LogP contribution >= 0.6 is 11.3 Å². The van der Waals surface area contributed by atoms with Gasteiger partial charge in [0.2, 0.25) is 5.91 Å². The van der Waals surface area contributed by atoms with Crippen molar-refractivity contribution in [2.45, 2.75) is 75.8 Å². The first-order valence-corrected chi connectivity index (χ1v) is 11.8. The highest BCUT2D eigenvalue weighted by molar-refractivity contribution is 7.14. The molecule has 4 rings (SSSR count). The summed E-state index contributed by atoms with van der Waals surface area (Å²) in [6.45, 7) is 0. The van der Waals surface area contributed by atoms with Crippen LogP contribution in [0.4, 0.5) is 9.93 Å². The van der Waals surface area contributed by atoms with Gasteiger partial charge in [-0.2, -0.15) is 0 Å². The van der Waals surface area contributed by atoms with Crippen LogP contribution in [-0.2, 0) is 14.3 Å². The Labute approximate surface area is 184 Å². The van der Waals surface area contributed by atoms with Crippen molar-refractivity contribution in [3.05, 3.63) is 11.1 Å². The van der Waals surface area contributed by atoms with Crippen molar-refractivity contribution >= 4 is 40.3 Å². The van der Waals surface area contributed by atoms with Gasteiger partial charge in [-0.3, -0.25) is 9.59 Å². The van der Waals surface area contributed by atoms with Gasteiger partial charge in [-0.25, -0.2) is 19.5 Å². The van der Waals surface area contributed by atoms with E-state index in [0.29, 0.717) is 19.3 Å². The number of aromatic nitrogens is 1. The smallest absolute Gasteiger partial charge is 0.357 e. The van der Waals surface area contributed by atoms with Crippen molar-refractivity contribution in [1.82, 2.24) is 15.2 Å². The number of anilines is 1. The summed E-state index contributed by atoms with van der Waals surface area (Å²) < 4.78 is 4.65. The van der Waals surface area contributed by atoms with Gasteiger partial charge in [0, 0.05) is 5.38 Å². The van der Waals surface area contributed by atoms with Crippen LogP contribution in [0.15, 0.2) is 5.38 Å². The van der Waals surface area contributed by atoms with Crippen molar-refractivity contribution in [2.75, 3.05) is 12.4 Å². The molecule has 168 valence electrons. The first-order chi connectivity index (χ1) is 14.9. The highest BCUT2D eigenvalue weighted by atomic mass is 32.1. The van der Waals surface area contributed by atoms with E-state index in [4.69, 9.17) is 0 Å². The quantitative estimate of drug-likeness (QED) is 0.510. The van der Waals surface area contributed by atoms with Gasteiger partial charge in [-0.05, 0) is 25.2 Å². The second kappa shape index (κ2) is 8.94. The number of nitrogens with zero attached hydrogens (tertiary/aromatic N) is 2. The number of hydrogen-bond donors (Lipinski definition) is 2. The zero-order valence-electron chi connectivity index (χ0n) is 17.6. The minimum atomic E-state index is -0.902. The monoisotopic (exact) mass is 448 g/mol. The molecule has 1 aromatic heterocycles. The van der Waals surface area contributed by atoms with E-state index in [1.165, 1.54) is 18.9 Å². The van der Waals surface area contributed by atoms with Crippen LogP contribution < -0.4 is 10.6 Å². The Hall–Kier alpha value is -2.49. The number of ether oxygens (including phenoxy) is 1. The van der Waals surface area contributed by atoms with E-state index in [1.807, 2.05) is 0 Å². The topological polar surface area (TPSA) is 118 Å². The fourth-order valence-corrected chi connectivity index (χ4v) is 5.71. The van der Waals surface area contributed by atoms with Crippen LogP contribution in [-0.4, -0.2) is 52.4 Å². The van der Waals surface area contributed by atoms with Crippen molar-refractivity contribution < 1.29 is 23.9 Å². The maximum absolute atomic E-state index is 13.3. The van der Waals surface area contributed by atoms with Gasteiger partial charge >= 0.3 is 12.0 Å². The van der Waals surface area contributed by atoms with Crippen LogP contribution in [0.3, 0.4) is 0 Å². The maximum atomic E-state index is 13.3. The molecule has 4 amide bonds. The third-order valence-corrected chi connectivity index (χ3v) is 7.43. The largest absolute Gasteiger partial charge is 0.464 e. The van der Waals surface area contributed by atoms with Crippen LogP contribution in [0.5, 0.6) is 0 Å². The molecule has 10 heteroatoms. The van der Waals surface area contributed by atoms with Crippen molar-refractivity contribution in [3.63, 3.8) is 0 Å². The van der Waals surface area contributed by atoms with Gasteiger partial charge < -0.3 is 15.4 Å². The first kappa shape index (κ1) is 21.7. The molecule has 3 fully saturated rings. The van der Waals surface area contributed by atoms with Gasteiger partial charge in [0.25, 0.3) is 5.91 Å². The minimum absolute atomic E-state index is 0.103. The van der Waals surface area contributed by atoms with Gasteiger partial charge in [-0.15, -0.1) is 11.3 Å². The number of carbonyl (C=O) groups excluding carboxylic acids is 4. The molecule has 3 aliphatic rings. The highest BCUT2D eigenvalue weighted by Gasteiger charge is 2.55. The normalized spacial score (nSPS) is 21.9. The van der Waals surface area contributed by atoms with E-state index in [9.17, 15) is 19.2 Å². The molecular weight excluding hydrogens is 420 g/mol. The number of amides is 4. The minimum Gasteiger partial charge on any atom is -0.464 e. The summed E-state index contributed by atoms with van der Waals surface area (Å²) in [6, 6.07) is -1.39. The number of hydrogen-bond acceptors (Lipinski definition) is 7. The predicted octanol–water partition coefficient (Wildman–Crippen LogP) is 3.07. The molecule has 2 N–H and O–H groups in total. The van der Waals surface area contributed by atoms with Crippen LogP contribution in [0, 0.1) is 5.92 Å². The lowest BCUT2D eigenvalue weighted by atomic mass is 9.84. The summed E-state index contributed by atoms with van der Waals surface area (Å²) >= 11 is 1.10. The Morgan fingerprint density at radius 3 is 2.65 bits per heavy atom. The first-order valence-electron chi connectivity index (χ1n) is 10.9. The summed E-state index contributed by atoms with van der Waals surface area (Å²) in [5.41, 5.74) is -0.756. The van der Waals surface area contributed by atoms with E-state index in [2.05, 4.69) is 20.4 Å². The van der Waals surface area contributed by atoms with Crippen LogP contribution in [0.2, 0.25) is 0 Å². The Bertz CT molecular complexity index is 873. The van der Waals surface area contributed by atoms with E-state index < -0.39 is 29.5 Å². The Morgan fingerprint density at radius 2 is 1.97 bits per heavy atom. The lowest BCUT2D eigenvalue weighted by molar-refractivity contribution is -0.137. The lowest BCUT2D eigenvalue weighted by Gasteiger charge is -2.30. The SMILES string of the molecule is COC(=O)c1csc(NC(=O)[C@H](CC2CCCCC2)N2C(=O)NC3(CCCC3)C2=O)n1. The number of carbonyl (C=O) groups is 4. The number of methoxy groups -OCH3 is 1. The van der Waals surface area contributed by atoms with Crippen molar-refractivity contribution in [3.8, 4) is 0 Å². The Balaban J connectivity index is 1.55. The maximum Gasteiger partial charge on any atom is 0.357 e. The molecule has 1 saturated heterocycles. The summed E-state index contributed by atoms with van der Waals surface area (Å²) in [5.74, 6) is -1.05. The fourth-order valence-electron chi connectivity index (χ4n) is 5.03. The highest BCUT2D eigenvalue weighted by Crippen LogP contribution is 2.38. The van der Waals surface area contributed by atoms with E-state index in [0.717, 1.165) is 54.8 Å². The van der Waals surface area contributed by atoms with Crippen LogP contribution in [0.1, 0.15) is 74.7 Å². The molecule has 0 unspecified atom stereocenters. The predicted molar refractivity (Wildman–Crippen MR) is 114 cm³/mol. The number of rotatable bonds is 6. The van der Waals surface area contributed by atoms with Gasteiger partial charge in [-0.1, -0.05) is 44.9 Å². The summed E-state index contributed by atoms with van der Waals surface area (Å²) in [7, 11) is 1.26. The molecule has 2 saturated carbocycles. The van der Waals surface area contributed by atoms with Gasteiger partial charge in [0.15, 0.2) is 10.8 Å². The summed E-state index contributed by atoms with van der Waals surface area (Å²) in [6.07, 6.45) is 8.78. The average Bonchev–Trinajstić information content (AvgIpc) is 3.48. The molecule has 1 atom stereocenters. The van der Waals surface area contributed by atoms with Gasteiger partial charge in [0.05, 0.1) is 7.11 Å². The number of thiazole rings is 1. The second-order valence-corrected chi connectivity index (χ2v) is 9.53. The standard InChI is InChI=1S/C21H28N4O5S/c1-30-17(27)14-12-31-19(22-14)23-16(26)15(11-13-7-3-2-4-8-13)25-18(28)21(24-20(25)29)9-5-6-10-21/h12-13,15H,2-11H2,1H3,(H,24,29)(H,22,23,26)/t15-/m0/s1. The number of imide groups is 1. The van der Waals surface area contributed by atoms with Gasteiger partial charge in [0.1, 0.15) is 11.6 Å². The molecular formula is C21H28N4O5S. The number of nitrogens with one attached hydrogen (secondary N) is 2. The Morgan fingerprint density at radius 1 is 1.26 bits per heavy atom. The molecule has 2 aliphatic carbocycles. The zero-order chi connectivity index (χ0) is 22.0. The Kier molecular flexibility index (Phi) is 6.27. The molecule has 1 spiro atoms. The molecule has 0 radical (unpaired) electrons. The van der Waals surface area contributed by atoms with E-state index in [1.54, 1.807) is 0 Å². The van der Waals surface area contributed by atoms with E-state index in [-0.39, 0.29) is 22.7 Å². The molecule has 1 aliphatic heterocycles. The number of esters is 1. The van der Waals surface area contributed by atoms with Crippen molar-refractivity contribution in [1.29, 1.82) is 0 Å². The number of urea groups is 1. The average molecular weight is 449 g/mol. The molecule has 1 aromatic rings. The molecule has 0 aromatic carbocycles. The lowest BCUT2D eigenvalue weighted by Crippen LogP contribution is -2.50. The molecule has 31 heavy (non-hydrogen) atoms. The summed E-state index contributed by atoms with van der Waals surface area (Å²) in [4.78, 5) is 56.3. The van der Waals surface area contributed by atoms with Crippen molar-refractivity contribution in [2.24, 2.45) is 5.92 Å². The fraction of sp³-hybridized carbons (Fsp3) is 0.667. The third-order valence-electron chi connectivity index (χ3n) is 6.67. The van der Waals surface area contributed by atoms with Crippen LogP contribution in [0.25, 0.3) is 0 Å². The molecule has 9 nitrogen and oxygen atoms in total. The molecule has 2 heterocycles. The summed E-state index contributed by atoms with van der Waals surface area (Å²) in [5, 5.41) is 7.33. The zero-order valence-corrected chi connectivity index (χ0v) is 18.5.